The van der Waals surface area contributed by atoms with E-state index in [0.29, 0.717) is 42.0 Å². The Labute approximate surface area is 273 Å². The van der Waals surface area contributed by atoms with E-state index in [-0.39, 0.29) is 40.5 Å². The van der Waals surface area contributed by atoms with Crippen LogP contribution in [0.2, 0.25) is 25.7 Å². The fourth-order valence-corrected chi connectivity index (χ4v) is 9.41. The third-order valence-electron chi connectivity index (χ3n) is 9.28. The van der Waals surface area contributed by atoms with Crippen LogP contribution in [0.3, 0.4) is 0 Å². The Balaban J connectivity index is 1.44. The molecule has 1 aromatic carbocycles. The van der Waals surface area contributed by atoms with Crippen LogP contribution in [0, 0.1) is 5.92 Å². The van der Waals surface area contributed by atoms with Gasteiger partial charge < -0.3 is 14.5 Å². The fourth-order valence-electron chi connectivity index (χ4n) is 6.20. The molecule has 6 rings (SSSR count). The van der Waals surface area contributed by atoms with Gasteiger partial charge in [0.05, 0.1) is 28.2 Å². The molecular weight excluding hydrogens is 653 g/mol. The van der Waals surface area contributed by atoms with Gasteiger partial charge in [-0.3, -0.25) is 9.48 Å². The lowest BCUT2D eigenvalue weighted by atomic mass is 10.1. The van der Waals surface area contributed by atoms with Crippen molar-refractivity contribution in [1.82, 2.24) is 29.2 Å². The maximum absolute atomic E-state index is 14.6. The van der Waals surface area contributed by atoms with Crippen molar-refractivity contribution in [3.63, 3.8) is 0 Å². The third kappa shape index (κ3) is 6.22. The van der Waals surface area contributed by atoms with Crippen molar-refractivity contribution in [3.8, 4) is 10.7 Å². The van der Waals surface area contributed by atoms with E-state index in [0.717, 1.165) is 36.6 Å². The Bertz CT molecular complexity index is 1750. The molecule has 0 bridgehead atoms. The molecule has 0 spiro atoms. The smallest absolute Gasteiger partial charge is 0.291 e. The SMILES string of the molecule is CC(C)C(=O)N1CCN(c2cc(S(=O)(=O)N(COCC[Si](C)(C)C)C3(C)CC3)cc3c(-c4nnc(C(F)F)s4)nn(C)c23)C2CC21. The summed E-state index contributed by atoms with van der Waals surface area (Å²) in [5.41, 5.74) is 1.10. The lowest BCUT2D eigenvalue weighted by molar-refractivity contribution is -0.135. The third-order valence-corrected chi connectivity index (χ3v) is 13.9. The van der Waals surface area contributed by atoms with Gasteiger partial charge in [-0.05, 0) is 44.4 Å². The van der Waals surface area contributed by atoms with Crippen LogP contribution in [0.15, 0.2) is 17.0 Å². The first-order valence-electron chi connectivity index (χ1n) is 15.8. The largest absolute Gasteiger partial charge is 0.365 e. The zero-order chi connectivity index (χ0) is 33.3. The summed E-state index contributed by atoms with van der Waals surface area (Å²) >= 11 is 0.746. The van der Waals surface area contributed by atoms with Crippen molar-refractivity contribution in [2.75, 3.05) is 31.3 Å². The number of sulfonamides is 1. The highest BCUT2D eigenvalue weighted by Crippen LogP contribution is 2.47. The molecule has 2 saturated carbocycles. The monoisotopic (exact) mass is 695 g/mol. The Morgan fingerprint density at radius 3 is 2.50 bits per heavy atom. The van der Waals surface area contributed by atoms with Gasteiger partial charge in [0.1, 0.15) is 12.4 Å². The number of piperazine rings is 1. The molecule has 252 valence electrons. The molecule has 3 heterocycles. The number of rotatable bonds is 12. The predicted octanol–water partition coefficient (Wildman–Crippen LogP) is 5.33. The summed E-state index contributed by atoms with van der Waals surface area (Å²) in [6.07, 6.45) is -0.537. The number of halogens is 2. The molecule has 16 heteroatoms. The van der Waals surface area contributed by atoms with Crippen LogP contribution in [0.1, 0.15) is 51.5 Å². The van der Waals surface area contributed by atoms with Gasteiger partial charge in [0.25, 0.3) is 6.43 Å². The molecule has 0 radical (unpaired) electrons. The fraction of sp³-hybridized carbons (Fsp3) is 0.667. The van der Waals surface area contributed by atoms with Crippen LogP contribution in [-0.2, 0) is 26.6 Å². The van der Waals surface area contributed by atoms with Gasteiger partial charge in [-0.2, -0.15) is 9.40 Å². The quantitative estimate of drug-likeness (QED) is 0.142. The van der Waals surface area contributed by atoms with Gasteiger partial charge >= 0.3 is 0 Å². The number of ether oxygens (including phenoxy) is 1. The predicted molar refractivity (Wildman–Crippen MR) is 176 cm³/mol. The average molecular weight is 696 g/mol. The maximum atomic E-state index is 14.6. The normalized spacial score (nSPS) is 21.1. The van der Waals surface area contributed by atoms with Crippen molar-refractivity contribution in [2.45, 2.75) is 94.7 Å². The Morgan fingerprint density at radius 1 is 1.17 bits per heavy atom. The van der Waals surface area contributed by atoms with Crippen LogP contribution < -0.4 is 4.90 Å². The van der Waals surface area contributed by atoms with Crippen LogP contribution in [-0.4, -0.2) is 95.6 Å². The first-order valence-corrected chi connectivity index (χ1v) is 21.8. The van der Waals surface area contributed by atoms with Gasteiger partial charge in [0.15, 0.2) is 10.0 Å². The molecule has 1 aliphatic heterocycles. The molecule has 2 aromatic heterocycles. The number of amides is 1. The summed E-state index contributed by atoms with van der Waals surface area (Å²) in [6.45, 7) is 14.0. The minimum Gasteiger partial charge on any atom is -0.365 e. The summed E-state index contributed by atoms with van der Waals surface area (Å²) in [7, 11) is -3.69. The van der Waals surface area contributed by atoms with Crippen molar-refractivity contribution in [3.05, 3.63) is 17.1 Å². The number of anilines is 1. The van der Waals surface area contributed by atoms with E-state index in [1.54, 1.807) is 23.9 Å². The molecule has 46 heavy (non-hydrogen) atoms. The summed E-state index contributed by atoms with van der Waals surface area (Å²) in [5, 5.41) is 12.6. The summed E-state index contributed by atoms with van der Waals surface area (Å²) in [4.78, 5) is 17.1. The number of carbonyl (C=O) groups excluding carboxylic acids is 1. The molecule has 2 atom stereocenters. The van der Waals surface area contributed by atoms with E-state index in [2.05, 4.69) is 39.8 Å². The van der Waals surface area contributed by atoms with E-state index < -0.39 is 35.1 Å². The van der Waals surface area contributed by atoms with E-state index in [1.165, 1.54) is 4.31 Å². The maximum Gasteiger partial charge on any atom is 0.291 e. The molecule has 1 amide bonds. The topological polar surface area (TPSA) is 114 Å². The Morgan fingerprint density at radius 2 is 1.89 bits per heavy atom. The number of aromatic nitrogens is 4. The van der Waals surface area contributed by atoms with Gasteiger partial charge in [-0.15, -0.1) is 10.2 Å². The van der Waals surface area contributed by atoms with Gasteiger partial charge in [0.2, 0.25) is 15.9 Å². The Kier molecular flexibility index (Phi) is 8.60. The highest BCUT2D eigenvalue weighted by atomic mass is 32.2. The second-order valence-corrected chi connectivity index (χ2v) is 23.0. The zero-order valence-corrected chi connectivity index (χ0v) is 30.1. The number of hydrogen-bond donors (Lipinski definition) is 0. The zero-order valence-electron chi connectivity index (χ0n) is 27.5. The standard InChI is InChI=1S/C30H43F2N7O4S2Si/c1-18(2)29(40)38-11-10-37(21-16-22(21)38)23-15-19(45(41,42)39(30(3)8-9-30)17-43-12-13-46(5,6)7)14-20-24(35-36(4)25(20)23)27-33-34-28(44-27)26(31)32/h14-15,18,21-22,26H,8-13,16-17H2,1-7H3. The van der Waals surface area contributed by atoms with Crippen LogP contribution in [0.5, 0.6) is 0 Å². The number of aryl methyl sites for hydroxylation is 1. The number of fused-ring (bicyclic) bond motifs is 2. The molecular formula is C30H43F2N7O4S2Si. The molecule has 1 saturated heterocycles. The van der Waals surface area contributed by atoms with E-state index >= 15 is 0 Å². The molecule has 3 fully saturated rings. The molecule has 2 unspecified atom stereocenters. The number of alkyl halides is 2. The number of nitrogens with zero attached hydrogens (tertiary/aromatic N) is 7. The molecule has 3 aliphatic rings. The average Bonchev–Trinajstić information content (AvgIpc) is 3.84. The molecule has 11 nitrogen and oxygen atoms in total. The lowest BCUT2D eigenvalue weighted by Gasteiger charge is -2.37. The van der Waals surface area contributed by atoms with Crippen LogP contribution >= 0.6 is 11.3 Å². The summed E-state index contributed by atoms with van der Waals surface area (Å²) < 4.78 is 65.3. The van der Waals surface area contributed by atoms with Gasteiger partial charge in [0, 0.05) is 51.7 Å². The van der Waals surface area contributed by atoms with E-state index in [1.807, 2.05) is 25.7 Å². The van der Waals surface area contributed by atoms with Crippen LogP contribution in [0.4, 0.5) is 14.5 Å². The first-order chi connectivity index (χ1) is 21.5. The number of benzene rings is 1. The second kappa shape index (κ2) is 11.9. The van der Waals surface area contributed by atoms with Crippen molar-refractivity contribution >= 4 is 51.9 Å². The minimum atomic E-state index is -4.06. The number of carbonyl (C=O) groups is 1. The van der Waals surface area contributed by atoms with Crippen molar-refractivity contribution in [1.29, 1.82) is 0 Å². The molecule has 2 aliphatic carbocycles. The Hall–Kier alpha value is -2.53. The first kappa shape index (κ1) is 33.4. The van der Waals surface area contributed by atoms with Crippen LogP contribution in [0.25, 0.3) is 21.6 Å². The summed E-state index contributed by atoms with van der Waals surface area (Å²) in [6, 6.07) is 4.30. The van der Waals surface area contributed by atoms with Gasteiger partial charge in [-0.25, -0.2) is 17.2 Å². The van der Waals surface area contributed by atoms with Crippen molar-refractivity contribution in [2.24, 2.45) is 13.0 Å². The van der Waals surface area contributed by atoms with E-state index in [9.17, 15) is 22.0 Å². The van der Waals surface area contributed by atoms with Gasteiger partial charge in [-0.1, -0.05) is 44.8 Å². The highest BCUT2D eigenvalue weighted by molar-refractivity contribution is 7.89. The molecule has 0 N–H and O–H groups in total. The number of hydrogen-bond acceptors (Lipinski definition) is 9. The van der Waals surface area contributed by atoms with Crippen molar-refractivity contribution < 1.29 is 26.7 Å². The van der Waals surface area contributed by atoms with E-state index in [4.69, 9.17) is 4.74 Å². The molecule has 3 aromatic rings. The minimum absolute atomic E-state index is 0.0323. The second-order valence-electron chi connectivity index (χ2n) is 14.5. The lowest BCUT2D eigenvalue weighted by Crippen LogP contribution is -2.50. The summed E-state index contributed by atoms with van der Waals surface area (Å²) in [5.74, 6) is 0.00497. The highest BCUT2D eigenvalue weighted by Gasteiger charge is 2.52.